The van der Waals surface area contributed by atoms with Crippen molar-refractivity contribution >= 4 is 13.3 Å². The molecule has 0 saturated carbocycles. The normalized spacial score (nSPS) is 13.5. The molecule has 0 nitrogen and oxygen atoms in total. The van der Waals surface area contributed by atoms with E-state index in [1.165, 1.54) is 12.8 Å². The Morgan fingerprint density at radius 3 is 1.42 bits per heavy atom. The SMILES string of the molecule is CC[CH2][Ge]([CH3])([CH2]CC)[C](C)(C)C. The van der Waals surface area contributed by atoms with Crippen molar-refractivity contribution in [1.29, 1.82) is 0 Å². The summed E-state index contributed by atoms with van der Waals surface area (Å²) < 4.78 is 0.645. The van der Waals surface area contributed by atoms with E-state index in [2.05, 4.69) is 40.4 Å². The van der Waals surface area contributed by atoms with E-state index in [9.17, 15) is 0 Å². The molecule has 0 aliphatic carbocycles. The van der Waals surface area contributed by atoms with Crippen LogP contribution >= 0.6 is 0 Å². The first-order valence-corrected chi connectivity index (χ1v) is 11.5. The fraction of sp³-hybridized carbons (Fsp3) is 1.00. The molecule has 0 bridgehead atoms. The van der Waals surface area contributed by atoms with Gasteiger partial charge in [-0.15, -0.1) is 0 Å². The van der Waals surface area contributed by atoms with E-state index in [0.29, 0.717) is 4.25 Å². The second kappa shape index (κ2) is 4.69. The Morgan fingerprint density at radius 2 is 1.25 bits per heavy atom. The fourth-order valence-corrected chi connectivity index (χ4v) is 10.3. The van der Waals surface area contributed by atoms with Gasteiger partial charge in [0.15, 0.2) is 0 Å². The Kier molecular flexibility index (Phi) is 4.90. The predicted octanol–water partition coefficient (Wildman–Crippen LogP) is 4.69. The van der Waals surface area contributed by atoms with Crippen molar-refractivity contribution in [1.82, 2.24) is 0 Å². The van der Waals surface area contributed by atoms with Crippen molar-refractivity contribution < 1.29 is 0 Å². The summed E-state index contributed by atoms with van der Waals surface area (Å²) in [5.41, 5.74) is 0. The van der Waals surface area contributed by atoms with Crippen molar-refractivity contribution in [2.75, 3.05) is 0 Å². The minimum atomic E-state index is -1.47. The molecule has 1 heteroatoms. The first-order chi connectivity index (χ1) is 5.37. The van der Waals surface area contributed by atoms with Gasteiger partial charge in [-0.3, -0.25) is 0 Å². The summed E-state index contributed by atoms with van der Waals surface area (Å²) in [6.07, 6.45) is 2.79. The number of hydrogen-bond donors (Lipinski definition) is 0. The van der Waals surface area contributed by atoms with Gasteiger partial charge in [0.1, 0.15) is 0 Å². The standard InChI is InChI=1S/C11H26Ge/c1-7-9-12(6,10-8-2)11(3,4)5/h7-10H2,1-6H3. The Hall–Kier alpha value is 0.543. The van der Waals surface area contributed by atoms with Crippen LogP contribution in [0.5, 0.6) is 0 Å². The summed E-state index contributed by atoms with van der Waals surface area (Å²) in [4.78, 5) is 0. The van der Waals surface area contributed by atoms with Crippen LogP contribution in [0.25, 0.3) is 0 Å². The molecule has 12 heavy (non-hydrogen) atoms. The first kappa shape index (κ1) is 12.5. The van der Waals surface area contributed by atoms with Gasteiger partial charge in [0.2, 0.25) is 0 Å². The molecule has 0 radical (unpaired) electrons. The Bertz CT molecular complexity index is 115. The summed E-state index contributed by atoms with van der Waals surface area (Å²) in [5, 5.41) is 3.11. The zero-order valence-corrected chi connectivity index (χ0v) is 11.9. The van der Waals surface area contributed by atoms with E-state index in [0.717, 1.165) is 0 Å². The molecule has 0 aliphatic rings. The van der Waals surface area contributed by atoms with Gasteiger partial charge in [0.05, 0.1) is 0 Å². The molecule has 0 unspecified atom stereocenters. The topological polar surface area (TPSA) is 0 Å². The van der Waals surface area contributed by atoms with E-state index in [4.69, 9.17) is 0 Å². The van der Waals surface area contributed by atoms with Crippen molar-refractivity contribution in [3.8, 4) is 0 Å². The molecule has 0 spiro atoms. The molecule has 0 rings (SSSR count). The van der Waals surface area contributed by atoms with Crippen LogP contribution in [0.4, 0.5) is 0 Å². The predicted molar refractivity (Wildman–Crippen MR) is 61.5 cm³/mol. The molecule has 0 aromatic heterocycles. The van der Waals surface area contributed by atoms with Crippen LogP contribution in [0.1, 0.15) is 47.5 Å². The monoisotopic (exact) mass is 232 g/mol. The molecule has 0 atom stereocenters. The molecule has 0 saturated heterocycles. The molecule has 0 N–H and O–H groups in total. The maximum absolute atomic E-state index is 2.63. The summed E-state index contributed by atoms with van der Waals surface area (Å²) >= 11 is -1.47. The summed E-state index contributed by atoms with van der Waals surface area (Å²) in [5.74, 6) is 2.63. The number of hydrogen-bond acceptors (Lipinski definition) is 0. The maximum atomic E-state index is 2.63. The van der Waals surface area contributed by atoms with Gasteiger partial charge in [-0.25, -0.2) is 0 Å². The molecule has 0 amide bonds. The first-order valence-electron chi connectivity index (χ1n) is 5.37. The van der Waals surface area contributed by atoms with E-state index in [-0.39, 0.29) is 0 Å². The van der Waals surface area contributed by atoms with E-state index < -0.39 is 13.3 Å². The molecule has 0 aromatic carbocycles. The van der Waals surface area contributed by atoms with Crippen LogP contribution in [-0.4, -0.2) is 13.3 Å². The van der Waals surface area contributed by atoms with Gasteiger partial charge in [-0.2, -0.15) is 0 Å². The van der Waals surface area contributed by atoms with Crippen LogP contribution < -0.4 is 0 Å². The molecule has 0 aliphatic heterocycles. The summed E-state index contributed by atoms with van der Waals surface area (Å²) in [7, 11) is 0. The van der Waals surface area contributed by atoms with Crippen LogP contribution in [-0.2, 0) is 0 Å². The van der Waals surface area contributed by atoms with Gasteiger partial charge in [-0.1, -0.05) is 0 Å². The second-order valence-electron chi connectivity index (χ2n) is 5.31. The summed E-state index contributed by atoms with van der Waals surface area (Å²) in [6, 6.07) is 0. The quantitative estimate of drug-likeness (QED) is 0.615. The molecule has 0 heterocycles. The Labute approximate surface area is 81.5 Å². The van der Waals surface area contributed by atoms with Crippen molar-refractivity contribution in [3.05, 3.63) is 0 Å². The minimum absolute atomic E-state index is 0.645. The average molecular weight is 231 g/mol. The van der Waals surface area contributed by atoms with E-state index >= 15 is 0 Å². The zero-order valence-electron chi connectivity index (χ0n) is 9.83. The Morgan fingerprint density at radius 1 is 0.917 bits per heavy atom. The van der Waals surface area contributed by atoms with Crippen molar-refractivity contribution in [2.45, 2.75) is 68.0 Å². The van der Waals surface area contributed by atoms with Crippen molar-refractivity contribution in [3.63, 3.8) is 0 Å². The van der Waals surface area contributed by atoms with Crippen LogP contribution in [0, 0.1) is 0 Å². The van der Waals surface area contributed by atoms with Gasteiger partial charge < -0.3 is 0 Å². The molecular formula is C11H26Ge. The third-order valence-corrected chi connectivity index (χ3v) is 17.7. The van der Waals surface area contributed by atoms with Gasteiger partial charge in [0, 0.05) is 0 Å². The van der Waals surface area contributed by atoms with Gasteiger partial charge >= 0.3 is 81.2 Å². The van der Waals surface area contributed by atoms with Gasteiger partial charge in [0.25, 0.3) is 0 Å². The zero-order chi connectivity index (χ0) is 9.83. The van der Waals surface area contributed by atoms with E-state index in [1.807, 2.05) is 0 Å². The molecule has 74 valence electrons. The van der Waals surface area contributed by atoms with E-state index in [1.54, 1.807) is 10.5 Å². The molecular weight excluding hydrogens is 205 g/mol. The second-order valence-corrected chi connectivity index (χ2v) is 17.1. The average Bonchev–Trinajstić information content (AvgIpc) is 1.86. The Balaban J connectivity index is 4.38. The summed E-state index contributed by atoms with van der Waals surface area (Å²) in [6.45, 7) is 12.0. The molecule has 0 aromatic rings. The van der Waals surface area contributed by atoms with Crippen LogP contribution in [0.3, 0.4) is 0 Å². The van der Waals surface area contributed by atoms with Crippen molar-refractivity contribution in [2.24, 2.45) is 0 Å². The van der Waals surface area contributed by atoms with Crippen LogP contribution in [0.2, 0.25) is 20.5 Å². The third kappa shape index (κ3) is 3.12. The van der Waals surface area contributed by atoms with Crippen LogP contribution in [0.15, 0.2) is 0 Å². The fourth-order valence-electron chi connectivity index (χ4n) is 1.98. The third-order valence-electron chi connectivity index (χ3n) is 3.41. The van der Waals surface area contributed by atoms with Gasteiger partial charge in [-0.05, 0) is 0 Å². The molecule has 0 fully saturated rings. The number of rotatable bonds is 4.